The second-order valence-electron chi connectivity index (χ2n) is 8.57. The van der Waals surface area contributed by atoms with Crippen molar-refractivity contribution in [1.29, 1.82) is 0 Å². The molecule has 5 nitrogen and oxygen atoms in total. The van der Waals surface area contributed by atoms with E-state index in [1.54, 1.807) is 0 Å². The molecule has 1 N–H and O–H groups in total. The number of carbonyl (C=O) groups is 2. The number of hydrogen-bond donors (Lipinski definition) is 1. The largest absolute Gasteiger partial charge is 0.389 e. The van der Waals surface area contributed by atoms with Gasteiger partial charge in [-0.2, -0.15) is 0 Å². The average Bonchev–Trinajstić information content (AvgIpc) is 3.22. The van der Waals surface area contributed by atoms with Crippen molar-refractivity contribution < 1.29 is 14.7 Å². The van der Waals surface area contributed by atoms with Crippen LogP contribution in [0.3, 0.4) is 0 Å². The van der Waals surface area contributed by atoms with Crippen molar-refractivity contribution in [3.05, 3.63) is 35.9 Å². The molecule has 1 aromatic carbocycles. The molecule has 0 aromatic heterocycles. The number of amides is 2. The van der Waals surface area contributed by atoms with Crippen LogP contribution < -0.4 is 0 Å². The van der Waals surface area contributed by atoms with Gasteiger partial charge in [-0.1, -0.05) is 43.2 Å². The van der Waals surface area contributed by atoms with E-state index >= 15 is 0 Å². The Morgan fingerprint density at radius 1 is 1.00 bits per heavy atom. The fraction of sp³-hybridized carbons (Fsp3) is 0.636. The first-order chi connectivity index (χ1) is 13.0. The summed E-state index contributed by atoms with van der Waals surface area (Å²) in [5.74, 6) is 0.519. The molecule has 1 aromatic rings. The van der Waals surface area contributed by atoms with Crippen LogP contribution in [-0.4, -0.2) is 58.5 Å². The van der Waals surface area contributed by atoms with Gasteiger partial charge in [-0.05, 0) is 31.2 Å². The minimum Gasteiger partial charge on any atom is -0.389 e. The number of piperidine rings is 2. The molecule has 0 radical (unpaired) electrons. The van der Waals surface area contributed by atoms with Gasteiger partial charge in [0.1, 0.15) is 0 Å². The van der Waals surface area contributed by atoms with Crippen LogP contribution in [-0.2, 0) is 16.0 Å². The summed E-state index contributed by atoms with van der Waals surface area (Å²) in [5.41, 5.74) is 0.292. The number of hydrogen-bond acceptors (Lipinski definition) is 3. The van der Waals surface area contributed by atoms with E-state index in [0.717, 1.165) is 31.2 Å². The first kappa shape index (κ1) is 18.5. The van der Waals surface area contributed by atoms with E-state index in [9.17, 15) is 14.7 Å². The second kappa shape index (κ2) is 7.63. The van der Waals surface area contributed by atoms with Crippen molar-refractivity contribution in [1.82, 2.24) is 9.80 Å². The van der Waals surface area contributed by atoms with Gasteiger partial charge in [-0.25, -0.2) is 0 Å². The van der Waals surface area contributed by atoms with Crippen LogP contribution in [0.1, 0.15) is 44.1 Å². The van der Waals surface area contributed by atoms with Crippen LogP contribution in [0.4, 0.5) is 0 Å². The van der Waals surface area contributed by atoms with E-state index < -0.39 is 5.60 Å². The molecule has 3 aliphatic rings. The molecule has 2 heterocycles. The highest BCUT2D eigenvalue weighted by molar-refractivity contribution is 5.80. The quantitative estimate of drug-likeness (QED) is 0.888. The van der Waals surface area contributed by atoms with Gasteiger partial charge in [0.2, 0.25) is 11.8 Å². The molecule has 4 rings (SSSR count). The Kier molecular flexibility index (Phi) is 5.22. The number of rotatable bonds is 3. The van der Waals surface area contributed by atoms with Crippen molar-refractivity contribution in [3.63, 3.8) is 0 Å². The highest BCUT2D eigenvalue weighted by Gasteiger charge is 2.47. The first-order valence-corrected chi connectivity index (χ1v) is 10.4. The Balaban J connectivity index is 1.39. The molecule has 1 saturated carbocycles. The summed E-state index contributed by atoms with van der Waals surface area (Å²) in [6.07, 6.45) is 5.97. The third kappa shape index (κ3) is 3.88. The monoisotopic (exact) mass is 370 g/mol. The summed E-state index contributed by atoms with van der Waals surface area (Å²) < 4.78 is 0. The Bertz CT molecular complexity index is 686. The van der Waals surface area contributed by atoms with E-state index in [2.05, 4.69) is 0 Å². The zero-order chi connectivity index (χ0) is 18.9. The molecule has 2 saturated heterocycles. The van der Waals surface area contributed by atoms with E-state index in [1.165, 1.54) is 0 Å². The highest BCUT2D eigenvalue weighted by atomic mass is 16.3. The maximum atomic E-state index is 12.8. The second-order valence-corrected chi connectivity index (χ2v) is 8.57. The molecule has 0 unspecified atom stereocenters. The van der Waals surface area contributed by atoms with E-state index in [1.807, 2.05) is 40.1 Å². The molecular weight excluding hydrogens is 340 g/mol. The maximum absolute atomic E-state index is 12.8. The van der Waals surface area contributed by atoms with Crippen LogP contribution in [0.2, 0.25) is 0 Å². The summed E-state index contributed by atoms with van der Waals surface area (Å²) in [4.78, 5) is 29.4. The molecule has 0 spiro atoms. The smallest absolute Gasteiger partial charge is 0.227 e. The van der Waals surface area contributed by atoms with Crippen molar-refractivity contribution in [2.75, 3.05) is 26.2 Å². The number of nitrogens with zero attached hydrogens (tertiary/aromatic N) is 2. The van der Waals surface area contributed by atoms with Crippen molar-refractivity contribution >= 4 is 11.8 Å². The molecule has 0 bridgehead atoms. The van der Waals surface area contributed by atoms with Crippen molar-refractivity contribution in [3.8, 4) is 0 Å². The number of fused-ring (bicyclic) bond motifs is 1. The molecule has 146 valence electrons. The average molecular weight is 370 g/mol. The van der Waals surface area contributed by atoms with Crippen LogP contribution in [0.15, 0.2) is 30.3 Å². The lowest BCUT2D eigenvalue weighted by molar-refractivity contribution is -0.155. The summed E-state index contributed by atoms with van der Waals surface area (Å²) >= 11 is 0. The Morgan fingerprint density at radius 3 is 2.33 bits per heavy atom. The topological polar surface area (TPSA) is 60.9 Å². The van der Waals surface area contributed by atoms with Gasteiger partial charge in [-0.15, -0.1) is 0 Å². The van der Waals surface area contributed by atoms with Gasteiger partial charge in [0.25, 0.3) is 0 Å². The van der Waals surface area contributed by atoms with E-state index in [4.69, 9.17) is 0 Å². The minimum atomic E-state index is -0.726. The van der Waals surface area contributed by atoms with Gasteiger partial charge in [0.05, 0.1) is 12.0 Å². The Hall–Kier alpha value is -1.88. The van der Waals surface area contributed by atoms with Gasteiger partial charge >= 0.3 is 0 Å². The lowest BCUT2D eigenvalue weighted by atomic mass is 9.75. The SMILES string of the molecule is O=C(Cc1ccccc1)N1CC[C@]2(O)CCN(C(=O)C3CCCC3)C[C@@H]2C1. The third-order valence-electron chi connectivity index (χ3n) is 6.84. The van der Waals surface area contributed by atoms with Crippen LogP contribution in [0.5, 0.6) is 0 Å². The summed E-state index contributed by atoms with van der Waals surface area (Å²) in [7, 11) is 0. The van der Waals surface area contributed by atoms with Crippen molar-refractivity contribution in [2.24, 2.45) is 11.8 Å². The van der Waals surface area contributed by atoms with E-state index in [0.29, 0.717) is 45.4 Å². The van der Waals surface area contributed by atoms with Crippen LogP contribution in [0, 0.1) is 11.8 Å². The molecule has 2 atom stereocenters. The summed E-state index contributed by atoms with van der Waals surface area (Å²) in [6, 6.07) is 9.80. The number of benzene rings is 1. The van der Waals surface area contributed by atoms with Gasteiger partial charge < -0.3 is 14.9 Å². The van der Waals surface area contributed by atoms with Gasteiger partial charge in [0, 0.05) is 38.0 Å². The predicted octanol–water partition coefficient (Wildman–Crippen LogP) is 2.23. The lowest BCUT2D eigenvalue weighted by Gasteiger charge is -2.50. The standard InChI is InChI=1S/C22H30N2O3/c25-20(14-17-6-2-1-3-7-17)23-12-10-22(27)11-13-24(16-19(22)15-23)21(26)18-8-4-5-9-18/h1-3,6-7,18-19,27H,4-5,8-16H2/t19-,22-/m0/s1. The van der Waals surface area contributed by atoms with E-state index in [-0.39, 0.29) is 23.7 Å². The fourth-order valence-corrected chi connectivity index (χ4v) is 5.04. The van der Waals surface area contributed by atoms with Gasteiger partial charge in [0.15, 0.2) is 0 Å². The molecule has 1 aliphatic carbocycles. The zero-order valence-electron chi connectivity index (χ0n) is 16.0. The third-order valence-corrected chi connectivity index (χ3v) is 6.84. The Labute approximate surface area is 161 Å². The molecule has 3 fully saturated rings. The van der Waals surface area contributed by atoms with Crippen LogP contribution in [0.25, 0.3) is 0 Å². The lowest BCUT2D eigenvalue weighted by Crippen LogP contribution is -2.61. The first-order valence-electron chi connectivity index (χ1n) is 10.4. The van der Waals surface area contributed by atoms with Gasteiger partial charge in [-0.3, -0.25) is 9.59 Å². The predicted molar refractivity (Wildman–Crippen MR) is 103 cm³/mol. The molecule has 2 aliphatic heterocycles. The molecule has 27 heavy (non-hydrogen) atoms. The normalized spacial score (nSPS) is 28.9. The molecule has 5 heteroatoms. The van der Waals surface area contributed by atoms with Crippen molar-refractivity contribution in [2.45, 2.75) is 50.5 Å². The van der Waals surface area contributed by atoms with Crippen LogP contribution >= 0.6 is 0 Å². The summed E-state index contributed by atoms with van der Waals surface area (Å²) in [5, 5.41) is 11.1. The molecular formula is C22H30N2O3. The maximum Gasteiger partial charge on any atom is 0.227 e. The number of carbonyl (C=O) groups excluding carboxylic acids is 2. The number of aliphatic hydroxyl groups is 1. The molecule has 2 amide bonds. The fourth-order valence-electron chi connectivity index (χ4n) is 5.04. The zero-order valence-corrected chi connectivity index (χ0v) is 16.0. The Morgan fingerprint density at radius 2 is 1.63 bits per heavy atom. The summed E-state index contributed by atoms with van der Waals surface area (Å²) in [6.45, 7) is 2.40. The minimum absolute atomic E-state index is 0.0370. The highest BCUT2D eigenvalue weighted by Crippen LogP contribution is 2.37. The number of likely N-dealkylation sites (tertiary alicyclic amines) is 2.